The first kappa shape index (κ1) is 11.9. The quantitative estimate of drug-likeness (QED) is 0.466. The van der Waals surface area contributed by atoms with Gasteiger partial charge in [0.1, 0.15) is 12.4 Å². The molecule has 0 aromatic heterocycles. The van der Waals surface area contributed by atoms with Crippen LogP contribution in [0.1, 0.15) is 18.4 Å². The van der Waals surface area contributed by atoms with Gasteiger partial charge in [0.2, 0.25) is 0 Å². The van der Waals surface area contributed by atoms with E-state index in [1.54, 1.807) is 19.1 Å². The minimum atomic E-state index is -0.381. The van der Waals surface area contributed by atoms with Crippen molar-refractivity contribution in [2.45, 2.75) is 25.8 Å². The van der Waals surface area contributed by atoms with Crippen molar-refractivity contribution in [2.75, 3.05) is 13.2 Å². The summed E-state index contributed by atoms with van der Waals surface area (Å²) in [5.41, 5.74) is 0.760. The predicted molar refractivity (Wildman–Crippen MR) is 64.4 cm³/mol. The summed E-state index contributed by atoms with van der Waals surface area (Å²) in [5.74, 6) is 0.686. The van der Waals surface area contributed by atoms with Gasteiger partial charge >= 0.3 is 0 Å². The average Bonchev–Trinajstić information content (AvgIpc) is 3.08. The van der Waals surface area contributed by atoms with Gasteiger partial charge in [-0.25, -0.2) is 0 Å². The van der Waals surface area contributed by atoms with Gasteiger partial charge in [-0.1, -0.05) is 0 Å². The fourth-order valence-corrected chi connectivity index (χ4v) is 1.64. The standard InChI is InChI=1S/C12H16N2O3/c1-9-8-11(4-5-12(9)14(15)16)17-7-6-13-10-2-3-10/h4-5,8,10,13H,2-3,6-7H2,1H3. The molecule has 0 bridgehead atoms. The Hall–Kier alpha value is -1.62. The smallest absolute Gasteiger partial charge is 0.272 e. The molecule has 17 heavy (non-hydrogen) atoms. The molecule has 2 rings (SSSR count). The minimum Gasteiger partial charge on any atom is -0.492 e. The molecular weight excluding hydrogens is 220 g/mol. The highest BCUT2D eigenvalue weighted by Gasteiger charge is 2.19. The third-order valence-electron chi connectivity index (χ3n) is 2.75. The van der Waals surface area contributed by atoms with Gasteiger partial charge in [-0.2, -0.15) is 0 Å². The van der Waals surface area contributed by atoms with E-state index in [0.717, 1.165) is 6.54 Å². The minimum absolute atomic E-state index is 0.133. The molecule has 1 aromatic carbocycles. The second-order valence-electron chi connectivity index (χ2n) is 4.28. The van der Waals surface area contributed by atoms with E-state index < -0.39 is 0 Å². The van der Waals surface area contributed by atoms with Gasteiger partial charge in [-0.15, -0.1) is 0 Å². The van der Waals surface area contributed by atoms with Crippen LogP contribution in [0.15, 0.2) is 18.2 Å². The fraction of sp³-hybridized carbons (Fsp3) is 0.500. The summed E-state index contributed by atoms with van der Waals surface area (Å²) >= 11 is 0. The molecule has 0 amide bonds. The summed E-state index contributed by atoms with van der Waals surface area (Å²) in [6, 6.07) is 5.51. The predicted octanol–water partition coefficient (Wildman–Crippen LogP) is 2.03. The van der Waals surface area contributed by atoms with Crippen molar-refractivity contribution in [3.63, 3.8) is 0 Å². The molecule has 0 aliphatic heterocycles. The normalized spacial score (nSPS) is 14.6. The molecule has 0 saturated heterocycles. The molecule has 1 aliphatic rings. The van der Waals surface area contributed by atoms with Crippen LogP contribution in [-0.4, -0.2) is 24.1 Å². The van der Waals surface area contributed by atoms with Crippen molar-refractivity contribution < 1.29 is 9.66 Å². The van der Waals surface area contributed by atoms with Crippen LogP contribution in [-0.2, 0) is 0 Å². The van der Waals surface area contributed by atoms with Crippen molar-refractivity contribution in [2.24, 2.45) is 0 Å². The summed E-state index contributed by atoms with van der Waals surface area (Å²) in [4.78, 5) is 10.2. The lowest BCUT2D eigenvalue weighted by Gasteiger charge is -2.07. The van der Waals surface area contributed by atoms with Gasteiger partial charge in [0.05, 0.1) is 4.92 Å². The van der Waals surface area contributed by atoms with Gasteiger partial charge < -0.3 is 10.1 Å². The maximum absolute atomic E-state index is 10.6. The Morgan fingerprint density at radius 2 is 2.29 bits per heavy atom. The highest BCUT2D eigenvalue weighted by atomic mass is 16.6. The molecule has 5 nitrogen and oxygen atoms in total. The van der Waals surface area contributed by atoms with E-state index in [4.69, 9.17) is 4.74 Å². The van der Waals surface area contributed by atoms with Crippen LogP contribution < -0.4 is 10.1 Å². The maximum Gasteiger partial charge on any atom is 0.272 e. The first-order valence-corrected chi connectivity index (χ1v) is 5.78. The van der Waals surface area contributed by atoms with E-state index in [2.05, 4.69) is 5.32 Å². The number of nitrogens with zero attached hydrogens (tertiary/aromatic N) is 1. The third-order valence-corrected chi connectivity index (χ3v) is 2.75. The number of aryl methyl sites for hydroxylation is 1. The Balaban J connectivity index is 1.83. The van der Waals surface area contributed by atoms with E-state index in [1.807, 2.05) is 0 Å². The number of hydrogen-bond acceptors (Lipinski definition) is 4. The molecule has 1 N–H and O–H groups in total. The van der Waals surface area contributed by atoms with Crippen LogP contribution in [0.3, 0.4) is 0 Å². The van der Waals surface area contributed by atoms with Gasteiger partial charge in [-0.3, -0.25) is 10.1 Å². The lowest BCUT2D eigenvalue weighted by molar-refractivity contribution is -0.385. The molecule has 0 atom stereocenters. The van der Waals surface area contributed by atoms with Crippen LogP contribution in [0.25, 0.3) is 0 Å². The molecule has 1 aliphatic carbocycles. The first-order chi connectivity index (χ1) is 8.16. The zero-order valence-corrected chi connectivity index (χ0v) is 9.81. The van der Waals surface area contributed by atoms with E-state index in [-0.39, 0.29) is 10.6 Å². The molecule has 0 radical (unpaired) electrons. The third kappa shape index (κ3) is 3.42. The number of rotatable bonds is 6. The van der Waals surface area contributed by atoms with Gasteiger partial charge in [0.15, 0.2) is 0 Å². The Bertz CT molecular complexity index is 416. The number of hydrogen-bond donors (Lipinski definition) is 1. The topological polar surface area (TPSA) is 64.4 Å². The summed E-state index contributed by atoms with van der Waals surface area (Å²) in [6.07, 6.45) is 2.52. The van der Waals surface area contributed by atoms with E-state index in [0.29, 0.717) is 24.0 Å². The van der Waals surface area contributed by atoms with Crippen molar-refractivity contribution in [3.05, 3.63) is 33.9 Å². The lowest BCUT2D eigenvalue weighted by atomic mass is 10.2. The van der Waals surface area contributed by atoms with Crippen LogP contribution in [0.4, 0.5) is 5.69 Å². The van der Waals surface area contributed by atoms with Crippen LogP contribution >= 0.6 is 0 Å². The summed E-state index contributed by atoms with van der Waals surface area (Å²) in [7, 11) is 0. The molecule has 1 saturated carbocycles. The first-order valence-electron chi connectivity index (χ1n) is 5.78. The average molecular weight is 236 g/mol. The van der Waals surface area contributed by atoms with Crippen molar-refractivity contribution in [3.8, 4) is 5.75 Å². The van der Waals surface area contributed by atoms with Gasteiger partial charge in [0, 0.05) is 24.2 Å². The second-order valence-corrected chi connectivity index (χ2v) is 4.28. The number of ether oxygens (including phenoxy) is 1. The summed E-state index contributed by atoms with van der Waals surface area (Å²) in [5, 5.41) is 14.0. The van der Waals surface area contributed by atoms with Crippen LogP contribution in [0.5, 0.6) is 5.75 Å². The number of nitrogens with one attached hydrogen (secondary N) is 1. The molecule has 0 heterocycles. The molecule has 1 aromatic rings. The highest BCUT2D eigenvalue weighted by Crippen LogP contribution is 2.23. The Kier molecular flexibility index (Phi) is 3.58. The molecule has 0 unspecified atom stereocenters. The monoisotopic (exact) mass is 236 g/mol. The molecule has 5 heteroatoms. The van der Waals surface area contributed by atoms with Crippen molar-refractivity contribution in [1.29, 1.82) is 0 Å². The zero-order chi connectivity index (χ0) is 12.3. The summed E-state index contributed by atoms with van der Waals surface area (Å²) < 4.78 is 5.51. The largest absolute Gasteiger partial charge is 0.492 e. The SMILES string of the molecule is Cc1cc(OCCNC2CC2)ccc1[N+](=O)[O-]. The fourth-order valence-electron chi connectivity index (χ4n) is 1.64. The molecule has 1 fully saturated rings. The highest BCUT2D eigenvalue weighted by molar-refractivity contribution is 5.44. The number of benzene rings is 1. The molecule has 0 spiro atoms. The maximum atomic E-state index is 10.6. The Labute approximate surface area is 99.9 Å². The van der Waals surface area contributed by atoms with Crippen molar-refractivity contribution in [1.82, 2.24) is 5.32 Å². The number of nitro benzene ring substituents is 1. The van der Waals surface area contributed by atoms with Crippen LogP contribution in [0.2, 0.25) is 0 Å². The molecule has 92 valence electrons. The zero-order valence-electron chi connectivity index (χ0n) is 9.81. The van der Waals surface area contributed by atoms with E-state index in [1.165, 1.54) is 18.9 Å². The summed E-state index contributed by atoms with van der Waals surface area (Å²) in [6.45, 7) is 3.13. The van der Waals surface area contributed by atoms with E-state index in [9.17, 15) is 10.1 Å². The Morgan fingerprint density at radius 3 is 2.88 bits per heavy atom. The molecular formula is C12H16N2O3. The number of nitro groups is 1. The Morgan fingerprint density at radius 1 is 1.53 bits per heavy atom. The van der Waals surface area contributed by atoms with Gasteiger partial charge in [-0.05, 0) is 31.9 Å². The van der Waals surface area contributed by atoms with Gasteiger partial charge in [0.25, 0.3) is 5.69 Å². The lowest BCUT2D eigenvalue weighted by Crippen LogP contribution is -2.22. The van der Waals surface area contributed by atoms with Crippen molar-refractivity contribution >= 4 is 5.69 Å². The second kappa shape index (κ2) is 5.14. The van der Waals surface area contributed by atoms with E-state index >= 15 is 0 Å². The van der Waals surface area contributed by atoms with Crippen LogP contribution in [0, 0.1) is 17.0 Å².